The molecule has 0 bridgehead atoms. The minimum absolute atomic E-state index is 0.00715. The van der Waals surface area contributed by atoms with Crippen LogP contribution >= 0.6 is 0 Å². The number of pyridine rings is 1. The van der Waals surface area contributed by atoms with E-state index in [1.807, 2.05) is 24.3 Å². The molecule has 0 radical (unpaired) electrons. The molecule has 4 heterocycles. The van der Waals surface area contributed by atoms with Gasteiger partial charge in [-0.25, -0.2) is 0 Å². The number of ether oxygens (including phenoxy) is 3. The van der Waals surface area contributed by atoms with Gasteiger partial charge in [-0.1, -0.05) is 24.3 Å². The van der Waals surface area contributed by atoms with Gasteiger partial charge in [0.25, 0.3) is 17.6 Å². The maximum atomic E-state index is 14.3. The van der Waals surface area contributed by atoms with E-state index in [1.165, 1.54) is 4.90 Å². The number of Topliss-reactive ketones (excluding diaryl/α,β-unsaturated/α-hetero) is 1. The Morgan fingerprint density at radius 1 is 0.915 bits per heavy atom. The number of rotatable bonds is 9. The summed E-state index contributed by atoms with van der Waals surface area (Å²) in [6.45, 7) is 2.43. The average Bonchev–Trinajstić information content (AvgIpc) is 3.67. The number of benzene rings is 3. The number of nitrogens with one attached hydrogen (secondary N) is 1. The van der Waals surface area contributed by atoms with E-state index in [1.54, 1.807) is 67.0 Å². The second-order valence-electron chi connectivity index (χ2n) is 11.3. The largest absolute Gasteiger partial charge is 0.454 e. The molecule has 1 aromatic heterocycles. The monoisotopic (exact) mass is 633 g/mol. The Kier molecular flexibility index (Phi) is 8.23. The molecule has 12 heteroatoms. The second-order valence-corrected chi connectivity index (χ2v) is 11.3. The van der Waals surface area contributed by atoms with Gasteiger partial charge < -0.3 is 29.3 Å². The van der Waals surface area contributed by atoms with Crippen LogP contribution in [0, 0.1) is 0 Å². The van der Waals surface area contributed by atoms with Crippen molar-refractivity contribution in [1.82, 2.24) is 9.88 Å². The first kappa shape index (κ1) is 29.9. The van der Waals surface area contributed by atoms with E-state index in [9.17, 15) is 19.2 Å². The van der Waals surface area contributed by atoms with Crippen molar-refractivity contribution in [3.8, 4) is 11.5 Å². The zero-order chi connectivity index (χ0) is 32.3. The molecule has 7 rings (SSSR count). The van der Waals surface area contributed by atoms with Crippen LogP contribution in [0.25, 0.3) is 0 Å². The molecule has 0 saturated carbocycles. The second kappa shape index (κ2) is 12.9. The maximum absolute atomic E-state index is 14.3. The number of amides is 3. The number of ketones is 1. The topological polar surface area (TPSA) is 131 Å². The maximum Gasteiger partial charge on any atom is 0.299 e. The fourth-order valence-electron chi connectivity index (χ4n) is 5.99. The Balaban J connectivity index is 1.23. The summed E-state index contributed by atoms with van der Waals surface area (Å²) in [6, 6.07) is 21.5. The van der Waals surface area contributed by atoms with Gasteiger partial charge >= 0.3 is 0 Å². The van der Waals surface area contributed by atoms with Crippen molar-refractivity contribution in [3.05, 3.63) is 108 Å². The lowest BCUT2D eigenvalue weighted by Crippen LogP contribution is -2.46. The van der Waals surface area contributed by atoms with Gasteiger partial charge in [0.2, 0.25) is 12.7 Å². The molecule has 0 spiro atoms. The highest BCUT2D eigenvalue weighted by Crippen LogP contribution is 2.37. The summed E-state index contributed by atoms with van der Waals surface area (Å²) in [5.41, 5.74) is 3.27. The SMILES string of the molecule is O=C1C(=O)N(CC(=O)N(Cc2cccnc2)C(C(=O)Nc2ccc(N3CCOCC3)cc2)c2ccc3c(c2)OCO3)c2ccccc21. The molecule has 12 nitrogen and oxygen atoms in total. The lowest BCUT2D eigenvalue weighted by atomic mass is 10.0. The van der Waals surface area contributed by atoms with Crippen molar-refractivity contribution in [2.45, 2.75) is 12.6 Å². The number of para-hydroxylation sites is 1. The highest BCUT2D eigenvalue weighted by molar-refractivity contribution is 6.52. The number of fused-ring (bicyclic) bond motifs is 2. The lowest BCUT2D eigenvalue weighted by Gasteiger charge is -2.33. The van der Waals surface area contributed by atoms with Gasteiger partial charge in [-0.2, -0.15) is 0 Å². The standard InChI is InChI=1S/C35H31N5O7/c41-31(21-39-28-6-2-1-5-27(28)33(42)35(39)44)40(20-23-4-3-13-36-19-23)32(24-7-12-29-30(18-24)47-22-46-29)34(43)37-25-8-10-26(11-9-25)38-14-16-45-17-15-38/h1-13,18-19,32H,14-17,20-22H2,(H,37,43). The number of hydrogen-bond donors (Lipinski definition) is 1. The average molecular weight is 634 g/mol. The summed E-state index contributed by atoms with van der Waals surface area (Å²) in [5.74, 6) is -1.55. The quantitative estimate of drug-likeness (QED) is 0.275. The molecule has 1 unspecified atom stereocenters. The number of nitrogens with zero attached hydrogens (tertiary/aromatic N) is 4. The van der Waals surface area contributed by atoms with Gasteiger partial charge in [0, 0.05) is 43.4 Å². The zero-order valence-corrected chi connectivity index (χ0v) is 25.3. The molecule has 3 amide bonds. The molecule has 238 valence electrons. The molecular weight excluding hydrogens is 602 g/mol. The first-order valence-electron chi connectivity index (χ1n) is 15.2. The van der Waals surface area contributed by atoms with Gasteiger partial charge in [0.15, 0.2) is 11.5 Å². The molecule has 1 fully saturated rings. The van der Waals surface area contributed by atoms with Gasteiger partial charge in [0.1, 0.15) is 12.6 Å². The van der Waals surface area contributed by atoms with Crippen LogP contribution in [0.3, 0.4) is 0 Å². The fourth-order valence-corrected chi connectivity index (χ4v) is 5.99. The van der Waals surface area contributed by atoms with Crippen LogP contribution in [0.15, 0.2) is 91.3 Å². The Labute approximate surface area is 270 Å². The van der Waals surface area contributed by atoms with Crippen LogP contribution in [0.1, 0.15) is 27.5 Å². The molecule has 1 atom stereocenters. The van der Waals surface area contributed by atoms with E-state index in [0.717, 1.165) is 23.7 Å². The highest BCUT2D eigenvalue weighted by Gasteiger charge is 2.40. The predicted molar refractivity (Wildman–Crippen MR) is 171 cm³/mol. The van der Waals surface area contributed by atoms with Crippen LogP contribution in [-0.4, -0.2) is 73.0 Å². The number of morpholine rings is 1. The van der Waals surface area contributed by atoms with Crippen LogP contribution in [0.4, 0.5) is 17.1 Å². The highest BCUT2D eigenvalue weighted by atomic mass is 16.7. The summed E-state index contributed by atoms with van der Waals surface area (Å²) in [6.07, 6.45) is 3.22. The Bertz CT molecular complexity index is 1830. The van der Waals surface area contributed by atoms with Gasteiger partial charge in [-0.3, -0.25) is 29.1 Å². The Hall–Kier alpha value is -5.75. The van der Waals surface area contributed by atoms with Crippen molar-refractivity contribution in [2.24, 2.45) is 0 Å². The molecule has 3 aliphatic heterocycles. The van der Waals surface area contributed by atoms with E-state index in [2.05, 4.69) is 15.2 Å². The zero-order valence-electron chi connectivity index (χ0n) is 25.3. The Morgan fingerprint density at radius 3 is 2.49 bits per heavy atom. The summed E-state index contributed by atoms with van der Waals surface area (Å²) >= 11 is 0. The molecule has 3 aromatic carbocycles. The number of carbonyl (C=O) groups excluding carboxylic acids is 4. The minimum Gasteiger partial charge on any atom is -0.454 e. The molecular formula is C35H31N5O7. The van der Waals surface area contributed by atoms with Crippen LogP contribution in [0.5, 0.6) is 11.5 Å². The molecule has 3 aliphatic rings. The number of anilines is 3. The smallest absolute Gasteiger partial charge is 0.299 e. The molecule has 1 saturated heterocycles. The van der Waals surface area contributed by atoms with Gasteiger partial charge in [-0.15, -0.1) is 0 Å². The van der Waals surface area contributed by atoms with Crippen molar-refractivity contribution in [2.75, 3.05) is 54.8 Å². The minimum atomic E-state index is -1.17. The first-order chi connectivity index (χ1) is 23.0. The van der Waals surface area contributed by atoms with Crippen LogP contribution in [-0.2, 0) is 25.7 Å². The first-order valence-corrected chi connectivity index (χ1v) is 15.2. The van der Waals surface area contributed by atoms with E-state index in [-0.39, 0.29) is 18.9 Å². The van der Waals surface area contributed by atoms with Crippen LogP contribution in [0.2, 0.25) is 0 Å². The fraction of sp³-hybridized carbons (Fsp3) is 0.229. The third-order valence-corrected chi connectivity index (χ3v) is 8.35. The third-order valence-electron chi connectivity index (χ3n) is 8.35. The van der Waals surface area contributed by atoms with E-state index < -0.39 is 36.1 Å². The number of carbonyl (C=O) groups is 4. The molecule has 4 aromatic rings. The summed E-state index contributed by atoms with van der Waals surface area (Å²) in [4.78, 5) is 63.4. The molecule has 47 heavy (non-hydrogen) atoms. The Morgan fingerprint density at radius 2 is 1.70 bits per heavy atom. The summed E-state index contributed by atoms with van der Waals surface area (Å²) < 4.78 is 16.6. The third kappa shape index (κ3) is 6.10. The molecule has 1 N–H and O–H groups in total. The molecule has 0 aliphatic carbocycles. The van der Waals surface area contributed by atoms with Gasteiger partial charge in [0.05, 0.1) is 24.5 Å². The summed E-state index contributed by atoms with van der Waals surface area (Å²) in [5, 5.41) is 2.99. The van der Waals surface area contributed by atoms with Crippen molar-refractivity contribution < 1.29 is 33.4 Å². The van der Waals surface area contributed by atoms with Crippen molar-refractivity contribution in [1.29, 1.82) is 0 Å². The number of hydrogen-bond acceptors (Lipinski definition) is 9. The predicted octanol–water partition coefficient (Wildman–Crippen LogP) is 3.59. The van der Waals surface area contributed by atoms with E-state index >= 15 is 0 Å². The van der Waals surface area contributed by atoms with Gasteiger partial charge in [-0.05, 0) is 65.7 Å². The lowest BCUT2D eigenvalue weighted by molar-refractivity contribution is -0.139. The van der Waals surface area contributed by atoms with Crippen LogP contribution < -0.4 is 24.6 Å². The van der Waals surface area contributed by atoms with E-state index in [4.69, 9.17) is 14.2 Å². The normalized spacial score (nSPS) is 15.7. The van der Waals surface area contributed by atoms with E-state index in [0.29, 0.717) is 47.2 Å². The van der Waals surface area contributed by atoms with Crippen molar-refractivity contribution in [3.63, 3.8) is 0 Å². The summed E-state index contributed by atoms with van der Waals surface area (Å²) in [7, 11) is 0. The number of aromatic nitrogens is 1. The van der Waals surface area contributed by atoms with Crippen molar-refractivity contribution >= 4 is 40.6 Å².